The van der Waals surface area contributed by atoms with E-state index < -0.39 is 0 Å². The van der Waals surface area contributed by atoms with Crippen LogP contribution >= 0.6 is 0 Å². The van der Waals surface area contributed by atoms with Crippen molar-refractivity contribution in [1.29, 1.82) is 0 Å². The van der Waals surface area contributed by atoms with Gasteiger partial charge in [-0.1, -0.05) is 24.3 Å². The summed E-state index contributed by atoms with van der Waals surface area (Å²) in [5.74, 6) is 0. The first-order valence-electron chi connectivity index (χ1n) is 4.74. The molecule has 0 saturated heterocycles. The Balaban J connectivity index is 2.57. The molecule has 1 heterocycles. The van der Waals surface area contributed by atoms with Crippen LogP contribution in [0.25, 0.3) is 17.0 Å². The molecule has 2 N–H and O–H groups in total. The Labute approximate surface area is 83.6 Å². The highest BCUT2D eigenvalue weighted by atomic mass is 14.9. The quantitative estimate of drug-likeness (QED) is 0.765. The molecule has 0 aliphatic rings. The van der Waals surface area contributed by atoms with Crippen LogP contribution in [-0.2, 0) is 7.05 Å². The van der Waals surface area contributed by atoms with Crippen molar-refractivity contribution < 1.29 is 0 Å². The van der Waals surface area contributed by atoms with E-state index in [9.17, 15) is 0 Å². The standard InChI is InChI=1S/C12H14N2/c1-14-11(6-4-8-13)9-10-5-2-3-7-12(10)14/h2-7,9H,8,13H2,1H3/b6-4+. The Morgan fingerprint density at radius 2 is 2.14 bits per heavy atom. The topological polar surface area (TPSA) is 30.9 Å². The molecule has 14 heavy (non-hydrogen) atoms. The average Bonchev–Trinajstić information content (AvgIpc) is 2.54. The molecule has 0 atom stereocenters. The number of fused-ring (bicyclic) bond motifs is 1. The number of nitrogens with zero attached hydrogens (tertiary/aromatic N) is 1. The fraction of sp³-hybridized carbons (Fsp3) is 0.167. The molecule has 0 bridgehead atoms. The highest BCUT2D eigenvalue weighted by molar-refractivity contribution is 5.83. The van der Waals surface area contributed by atoms with Gasteiger partial charge in [-0.2, -0.15) is 0 Å². The minimum atomic E-state index is 0.585. The number of aromatic nitrogens is 1. The first kappa shape index (κ1) is 9.03. The molecule has 0 radical (unpaired) electrons. The Morgan fingerprint density at radius 1 is 1.36 bits per heavy atom. The number of rotatable bonds is 2. The van der Waals surface area contributed by atoms with Gasteiger partial charge in [0.15, 0.2) is 0 Å². The van der Waals surface area contributed by atoms with Crippen molar-refractivity contribution in [2.75, 3.05) is 6.54 Å². The predicted octanol–water partition coefficient (Wildman–Crippen LogP) is 2.15. The fourth-order valence-corrected chi connectivity index (χ4v) is 1.66. The van der Waals surface area contributed by atoms with E-state index in [-0.39, 0.29) is 0 Å². The van der Waals surface area contributed by atoms with Gasteiger partial charge < -0.3 is 10.3 Å². The Kier molecular flexibility index (Phi) is 2.37. The van der Waals surface area contributed by atoms with Gasteiger partial charge >= 0.3 is 0 Å². The van der Waals surface area contributed by atoms with Crippen molar-refractivity contribution in [3.05, 3.63) is 42.1 Å². The maximum absolute atomic E-state index is 5.42. The Morgan fingerprint density at radius 3 is 2.86 bits per heavy atom. The summed E-state index contributed by atoms with van der Waals surface area (Å²) in [5.41, 5.74) is 7.87. The highest BCUT2D eigenvalue weighted by Gasteiger charge is 2.00. The average molecular weight is 186 g/mol. The molecule has 2 rings (SSSR count). The van der Waals surface area contributed by atoms with E-state index in [1.807, 2.05) is 6.08 Å². The molecule has 0 saturated carbocycles. The Bertz CT molecular complexity index is 466. The van der Waals surface area contributed by atoms with Crippen LogP contribution in [0.3, 0.4) is 0 Å². The van der Waals surface area contributed by atoms with Crippen LogP contribution in [0.15, 0.2) is 36.4 Å². The summed E-state index contributed by atoms with van der Waals surface area (Å²) in [6.45, 7) is 0.585. The zero-order valence-corrected chi connectivity index (χ0v) is 8.27. The van der Waals surface area contributed by atoms with Gasteiger partial charge in [0.1, 0.15) is 0 Å². The summed E-state index contributed by atoms with van der Waals surface area (Å²) < 4.78 is 2.17. The van der Waals surface area contributed by atoms with Crippen molar-refractivity contribution in [2.45, 2.75) is 0 Å². The second-order valence-electron chi connectivity index (χ2n) is 3.33. The third-order valence-corrected chi connectivity index (χ3v) is 2.41. The molecule has 1 aromatic carbocycles. The molecule has 0 fully saturated rings. The molecular formula is C12H14N2. The molecule has 1 aromatic heterocycles. The number of aryl methyl sites for hydroxylation is 1. The maximum Gasteiger partial charge on any atom is 0.0482 e. The third kappa shape index (κ3) is 1.44. The predicted molar refractivity (Wildman–Crippen MR) is 61.0 cm³/mol. The number of hydrogen-bond donors (Lipinski definition) is 1. The summed E-state index contributed by atoms with van der Waals surface area (Å²) >= 11 is 0. The van der Waals surface area contributed by atoms with Gasteiger partial charge in [-0.05, 0) is 18.2 Å². The number of nitrogens with two attached hydrogens (primary N) is 1. The lowest BCUT2D eigenvalue weighted by atomic mass is 10.2. The highest BCUT2D eigenvalue weighted by Crippen LogP contribution is 2.18. The molecule has 0 unspecified atom stereocenters. The van der Waals surface area contributed by atoms with E-state index in [4.69, 9.17) is 5.73 Å². The summed E-state index contributed by atoms with van der Waals surface area (Å²) in [4.78, 5) is 0. The maximum atomic E-state index is 5.42. The molecule has 0 spiro atoms. The van der Waals surface area contributed by atoms with Crippen LogP contribution in [0.4, 0.5) is 0 Å². The van der Waals surface area contributed by atoms with E-state index >= 15 is 0 Å². The van der Waals surface area contributed by atoms with Crippen molar-refractivity contribution in [2.24, 2.45) is 12.8 Å². The summed E-state index contributed by atoms with van der Waals surface area (Å²) in [6, 6.07) is 10.5. The van der Waals surface area contributed by atoms with E-state index in [2.05, 4.69) is 48.0 Å². The third-order valence-electron chi connectivity index (χ3n) is 2.41. The monoisotopic (exact) mass is 186 g/mol. The SMILES string of the molecule is Cn1c(/C=C/CN)cc2ccccc21. The smallest absolute Gasteiger partial charge is 0.0482 e. The van der Waals surface area contributed by atoms with Crippen molar-refractivity contribution in [3.63, 3.8) is 0 Å². The second-order valence-corrected chi connectivity index (χ2v) is 3.33. The largest absolute Gasteiger partial charge is 0.344 e. The summed E-state index contributed by atoms with van der Waals surface area (Å²) in [5, 5.41) is 1.27. The lowest BCUT2D eigenvalue weighted by Crippen LogP contribution is -1.94. The number of benzene rings is 1. The lowest BCUT2D eigenvalue weighted by molar-refractivity contribution is 0.954. The van der Waals surface area contributed by atoms with E-state index in [0.29, 0.717) is 6.54 Å². The van der Waals surface area contributed by atoms with E-state index in [1.54, 1.807) is 0 Å². The van der Waals surface area contributed by atoms with Crippen LogP contribution in [0.5, 0.6) is 0 Å². The second kappa shape index (κ2) is 3.68. The van der Waals surface area contributed by atoms with Crippen molar-refractivity contribution in [1.82, 2.24) is 4.57 Å². The molecular weight excluding hydrogens is 172 g/mol. The van der Waals surface area contributed by atoms with Crippen molar-refractivity contribution in [3.8, 4) is 0 Å². The summed E-state index contributed by atoms with van der Waals surface area (Å²) in [7, 11) is 2.07. The van der Waals surface area contributed by atoms with Crippen LogP contribution < -0.4 is 5.73 Å². The van der Waals surface area contributed by atoms with E-state index in [1.165, 1.54) is 16.6 Å². The molecule has 2 heteroatoms. The zero-order chi connectivity index (χ0) is 9.97. The minimum absolute atomic E-state index is 0.585. The molecule has 2 aromatic rings. The van der Waals surface area contributed by atoms with Crippen LogP contribution in [-0.4, -0.2) is 11.1 Å². The van der Waals surface area contributed by atoms with Gasteiger partial charge in [-0.15, -0.1) is 0 Å². The first-order valence-corrected chi connectivity index (χ1v) is 4.74. The van der Waals surface area contributed by atoms with Crippen molar-refractivity contribution >= 4 is 17.0 Å². The normalized spacial score (nSPS) is 11.6. The number of para-hydroxylation sites is 1. The first-order chi connectivity index (χ1) is 6.83. The summed E-state index contributed by atoms with van der Waals surface area (Å²) in [6.07, 6.45) is 4.02. The van der Waals surface area contributed by atoms with Crippen LogP contribution in [0.2, 0.25) is 0 Å². The lowest BCUT2D eigenvalue weighted by Gasteiger charge is -1.98. The minimum Gasteiger partial charge on any atom is -0.344 e. The van der Waals surface area contributed by atoms with Gasteiger partial charge in [0.25, 0.3) is 0 Å². The Hall–Kier alpha value is -1.54. The molecule has 2 nitrogen and oxygen atoms in total. The van der Waals surface area contributed by atoms with Gasteiger partial charge in [-0.3, -0.25) is 0 Å². The van der Waals surface area contributed by atoms with E-state index in [0.717, 1.165) is 0 Å². The van der Waals surface area contributed by atoms with Gasteiger partial charge in [0.2, 0.25) is 0 Å². The molecule has 0 aliphatic heterocycles. The van der Waals surface area contributed by atoms with Gasteiger partial charge in [0, 0.05) is 30.2 Å². The van der Waals surface area contributed by atoms with Gasteiger partial charge in [-0.25, -0.2) is 0 Å². The van der Waals surface area contributed by atoms with Crippen LogP contribution in [0.1, 0.15) is 5.69 Å². The zero-order valence-electron chi connectivity index (χ0n) is 8.27. The number of hydrogen-bond acceptors (Lipinski definition) is 1. The van der Waals surface area contributed by atoms with Gasteiger partial charge in [0.05, 0.1) is 0 Å². The molecule has 0 amide bonds. The molecule has 0 aliphatic carbocycles. The fourth-order valence-electron chi connectivity index (χ4n) is 1.66. The molecule has 72 valence electrons. The van der Waals surface area contributed by atoms with Crippen LogP contribution in [0, 0.1) is 0 Å².